The molecule has 0 bridgehead atoms. The van der Waals surface area contributed by atoms with Gasteiger partial charge in [-0.05, 0) is 31.0 Å². The summed E-state index contributed by atoms with van der Waals surface area (Å²) in [6, 6.07) is 3.86. The summed E-state index contributed by atoms with van der Waals surface area (Å²) in [6.07, 6.45) is 10.8. The number of benzene rings is 1. The molecule has 0 atom stereocenters. The molecule has 1 aromatic carbocycles. The van der Waals surface area contributed by atoms with Crippen molar-refractivity contribution in [2.75, 3.05) is 17.6 Å². The van der Waals surface area contributed by atoms with Crippen LogP contribution < -0.4 is 11.1 Å². The molecule has 1 aromatic rings. The molecule has 0 amide bonds. The van der Waals surface area contributed by atoms with Crippen molar-refractivity contribution in [3.05, 3.63) is 22.7 Å². The van der Waals surface area contributed by atoms with Crippen LogP contribution in [-0.2, 0) is 0 Å². The molecule has 0 heterocycles. The molecule has 0 aliphatic carbocycles. The van der Waals surface area contributed by atoms with Crippen molar-refractivity contribution in [1.29, 1.82) is 0 Å². The summed E-state index contributed by atoms with van der Waals surface area (Å²) >= 11 is 6.04. The number of nitrogens with one attached hydrogen (secondary N) is 1. The fraction of sp³-hybridized carbons (Fsp3) is 0.647. The quantitative estimate of drug-likeness (QED) is 0.424. The lowest BCUT2D eigenvalue weighted by Crippen LogP contribution is -2.03. The summed E-state index contributed by atoms with van der Waals surface area (Å²) in [5.41, 5.74) is 8.69. The lowest BCUT2D eigenvalue weighted by Gasteiger charge is -2.11. The van der Waals surface area contributed by atoms with Gasteiger partial charge in [0.2, 0.25) is 0 Å². The van der Waals surface area contributed by atoms with Crippen molar-refractivity contribution in [1.82, 2.24) is 0 Å². The van der Waals surface area contributed by atoms with E-state index in [0.29, 0.717) is 10.7 Å². The smallest absolute Gasteiger partial charge is 0.0656 e. The van der Waals surface area contributed by atoms with Gasteiger partial charge in [0, 0.05) is 12.2 Å². The average molecular weight is 297 g/mol. The average Bonchev–Trinajstić information content (AvgIpc) is 2.42. The molecule has 3 heteroatoms. The highest BCUT2D eigenvalue weighted by Gasteiger charge is 2.02. The normalized spacial score (nSPS) is 10.8. The minimum absolute atomic E-state index is 0.633. The third-order valence-corrected chi connectivity index (χ3v) is 4.02. The van der Waals surface area contributed by atoms with E-state index in [0.717, 1.165) is 17.8 Å². The third-order valence-electron chi connectivity index (χ3n) is 3.69. The van der Waals surface area contributed by atoms with Gasteiger partial charge in [-0.1, -0.05) is 63.5 Å². The first-order chi connectivity index (χ1) is 9.65. The first-order valence-electron chi connectivity index (χ1n) is 7.94. The number of hydrogen-bond acceptors (Lipinski definition) is 2. The molecule has 0 saturated heterocycles. The number of aryl methyl sites for hydroxylation is 1. The summed E-state index contributed by atoms with van der Waals surface area (Å²) in [6.45, 7) is 5.33. The molecule has 20 heavy (non-hydrogen) atoms. The zero-order valence-corrected chi connectivity index (χ0v) is 13.7. The second-order valence-electron chi connectivity index (χ2n) is 5.59. The van der Waals surface area contributed by atoms with Crippen LogP contribution in [0.3, 0.4) is 0 Å². The van der Waals surface area contributed by atoms with Crippen LogP contribution in [0.25, 0.3) is 0 Å². The molecule has 0 aliphatic heterocycles. The molecule has 1 rings (SSSR count). The first kappa shape index (κ1) is 17.2. The van der Waals surface area contributed by atoms with E-state index in [1.54, 1.807) is 0 Å². The maximum atomic E-state index is 6.04. The van der Waals surface area contributed by atoms with Gasteiger partial charge in [-0.25, -0.2) is 0 Å². The van der Waals surface area contributed by atoms with E-state index in [1.807, 2.05) is 12.1 Å². The molecular weight excluding hydrogens is 268 g/mol. The zero-order valence-electron chi connectivity index (χ0n) is 13.0. The Labute approximate surface area is 129 Å². The van der Waals surface area contributed by atoms with E-state index in [9.17, 15) is 0 Å². The number of nitrogens with two attached hydrogens (primary N) is 1. The molecule has 3 N–H and O–H groups in total. The highest BCUT2D eigenvalue weighted by molar-refractivity contribution is 6.33. The topological polar surface area (TPSA) is 38.0 Å². The number of anilines is 2. The maximum absolute atomic E-state index is 6.04. The van der Waals surface area contributed by atoms with E-state index in [-0.39, 0.29) is 0 Å². The fourth-order valence-electron chi connectivity index (χ4n) is 2.38. The highest BCUT2D eigenvalue weighted by atomic mass is 35.5. The van der Waals surface area contributed by atoms with Crippen LogP contribution in [0.5, 0.6) is 0 Å². The van der Waals surface area contributed by atoms with Gasteiger partial charge in [0.05, 0.1) is 10.7 Å². The van der Waals surface area contributed by atoms with Gasteiger partial charge < -0.3 is 11.1 Å². The van der Waals surface area contributed by atoms with Crippen LogP contribution >= 0.6 is 11.6 Å². The second kappa shape index (κ2) is 9.93. The van der Waals surface area contributed by atoms with Crippen LogP contribution in [-0.4, -0.2) is 6.54 Å². The number of halogens is 1. The molecule has 0 spiro atoms. The van der Waals surface area contributed by atoms with Crippen LogP contribution in [0, 0.1) is 6.92 Å². The monoisotopic (exact) mass is 296 g/mol. The highest BCUT2D eigenvalue weighted by Crippen LogP contribution is 2.26. The molecule has 0 aliphatic rings. The maximum Gasteiger partial charge on any atom is 0.0656 e. The Bertz CT molecular complexity index is 391. The zero-order chi connectivity index (χ0) is 14.8. The van der Waals surface area contributed by atoms with Crippen molar-refractivity contribution in [3.63, 3.8) is 0 Å². The van der Waals surface area contributed by atoms with Crippen molar-refractivity contribution in [2.45, 2.75) is 65.2 Å². The molecule has 2 nitrogen and oxygen atoms in total. The van der Waals surface area contributed by atoms with Gasteiger partial charge in [0.25, 0.3) is 0 Å². The van der Waals surface area contributed by atoms with Gasteiger partial charge in [-0.2, -0.15) is 0 Å². The standard InChI is InChI=1S/C17H29ClN2/c1-3-4-5-6-7-8-9-10-11-20-17-13-15(18)16(19)12-14(17)2/h12-13,20H,3-11,19H2,1-2H3. The van der Waals surface area contributed by atoms with E-state index in [1.165, 1.54) is 51.4 Å². The Morgan fingerprint density at radius 3 is 2.25 bits per heavy atom. The van der Waals surface area contributed by atoms with Gasteiger partial charge >= 0.3 is 0 Å². The number of unbranched alkanes of at least 4 members (excludes halogenated alkanes) is 7. The predicted octanol–water partition coefficient (Wildman–Crippen LogP) is 5.78. The van der Waals surface area contributed by atoms with Gasteiger partial charge in [0.1, 0.15) is 0 Å². The summed E-state index contributed by atoms with van der Waals surface area (Å²) in [7, 11) is 0. The van der Waals surface area contributed by atoms with Crippen molar-refractivity contribution in [2.24, 2.45) is 0 Å². The Hall–Kier alpha value is -0.890. The number of hydrogen-bond donors (Lipinski definition) is 2. The van der Waals surface area contributed by atoms with Crippen LogP contribution in [0.15, 0.2) is 12.1 Å². The number of rotatable bonds is 10. The van der Waals surface area contributed by atoms with Crippen LogP contribution in [0.1, 0.15) is 63.9 Å². The molecular formula is C17H29ClN2. The third kappa shape index (κ3) is 6.51. The van der Waals surface area contributed by atoms with Crippen molar-refractivity contribution in [3.8, 4) is 0 Å². The van der Waals surface area contributed by atoms with E-state index in [4.69, 9.17) is 17.3 Å². The van der Waals surface area contributed by atoms with Crippen molar-refractivity contribution >= 4 is 23.0 Å². The Morgan fingerprint density at radius 2 is 1.60 bits per heavy atom. The van der Waals surface area contributed by atoms with E-state index >= 15 is 0 Å². The Balaban J connectivity index is 2.11. The predicted molar refractivity (Wildman–Crippen MR) is 91.7 cm³/mol. The van der Waals surface area contributed by atoms with Gasteiger partial charge in [-0.3, -0.25) is 0 Å². The first-order valence-corrected chi connectivity index (χ1v) is 8.32. The minimum Gasteiger partial charge on any atom is -0.398 e. The van der Waals surface area contributed by atoms with Gasteiger partial charge in [-0.15, -0.1) is 0 Å². The molecule has 114 valence electrons. The van der Waals surface area contributed by atoms with Crippen molar-refractivity contribution < 1.29 is 0 Å². The van der Waals surface area contributed by atoms with Gasteiger partial charge in [0.15, 0.2) is 0 Å². The second-order valence-corrected chi connectivity index (χ2v) is 6.00. The molecule has 0 unspecified atom stereocenters. The number of nitrogen functional groups attached to an aromatic ring is 1. The van der Waals surface area contributed by atoms with E-state index < -0.39 is 0 Å². The summed E-state index contributed by atoms with van der Waals surface area (Å²) < 4.78 is 0. The van der Waals surface area contributed by atoms with E-state index in [2.05, 4.69) is 19.2 Å². The molecule has 0 radical (unpaired) electrons. The largest absolute Gasteiger partial charge is 0.398 e. The Morgan fingerprint density at radius 1 is 1.00 bits per heavy atom. The van der Waals surface area contributed by atoms with Crippen LogP contribution in [0.4, 0.5) is 11.4 Å². The molecule has 0 fully saturated rings. The van der Waals surface area contributed by atoms with Crippen LogP contribution in [0.2, 0.25) is 5.02 Å². The Kier molecular flexibility index (Phi) is 8.52. The lowest BCUT2D eigenvalue weighted by atomic mass is 10.1. The summed E-state index contributed by atoms with van der Waals surface area (Å²) in [4.78, 5) is 0. The lowest BCUT2D eigenvalue weighted by molar-refractivity contribution is 0.581. The summed E-state index contributed by atoms with van der Waals surface area (Å²) in [5.74, 6) is 0. The summed E-state index contributed by atoms with van der Waals surface area (Å²) in [5, 5.41) is 4.09. The molecule has 0 aromatic heterocycles. The molecule has 0 saturated carbocycles. The minimum atomic E-state index is 0.633. The SMILES string of the molecule is CCCCCCCCCCNc1cc(Cl)c(N)cc1C. The fourth-order valence-corrected chi connectivity index (χ4v) is 2.54.